The van der Waals surface area contributed by atoms with Crippen molar-refractivity contribution in [3.63, 3.8) is 0 Å². The Kier molecular flexibility index (Phi) is 4.46. The largest absolute Gasteiger partial charge is 0.308 e. The van der Waals surface area contributed by atoms with Crippen molar-refractivity contribution < 1.29 is 0 Å². The maximum Gasteiger partial charge on any atom is 0.256 e. The van der Waals surface area contributed by atoms with Crippen LogP contribution < -0.4 is 5.56 Å². The lowest BCUT2D eigenvalue weighted by atomic mass is 10.1. The van der Waals surface area contributed by atoms with Crippen LogP contribution in [0.3, 0.4) is 0 Å². The van der Waals surface area contributed by atoms with Crippen LogP contribution in [0.4, 0.5) is 0 Å². The fourth-order valence-corrected chi connectivity index (χ4v) is 1.73. The molecule has 1 rings (SSSR count). The maximum absolute atomic E-state index is 12.2. The number of nitrogens with zero attached hydrogens (tertiary/aromatic N) is 3. The molecule has 0 aliphatic carbocycles. The average molecular weight is 237 g/mol. The van der Waals surface area contributed by atoms with Gasteiger partial charge in [-0.25, -0.2) is 4.98 Å². The number of likely N-dealkylation sites (N-methyl/N-ethyl adjacent to an activating group) is 1. The molecular weight excluding hydrogens is 214 g/mol. The monoisotopic (exact) mass is 237 g/mol. The molecule has 0 aliphatic rings. The Morgan fingerprint density at radius 3 is 2.35 bits per heavy atom. The van der Waals surface area contributed by atoms with Crippen LogP contribution in [0, 0.1) is 13.8 Å². The smallest absolute Gasteiger partial charge is 0.256 e. The zero-order valence-corrected chi connectivity index (χ0v) is 11.7. The van der Waals surface area contributed by atoms with E-state index in [1.54, 1.807) is 0 Å². The molecule has 1 heterocycles. The first-order valence-corrected chi connectivity index (χ1v) is 6.07. The zero-order chi connectivity index (χ0) is 13.2. The highest BCUT2D eigenvalue weighted by molar-refractivity contribution is 5.16. The van der Waals surface area contributed by atoms with E-state index in [0.29, 0.717) is 6.54 Å². The fraction of sp³-hybridized carbons (Fsp3) is 0.692. The molecule has 0 unspecified atom stereocenters. The Bertz CT molecular complexity index is 447. The van der Waals surface area contributed by atoms with Gasteiger partial charge in [-0.05, 0) is 27.9 Å². The van der Waals surface area contributed by atoms with Gasteiger partial charge < -0.3 is 4.90 Å². The first kappa shape index (κ1) is 13.9. The van der Waals surface area contributed by atoms with E-state index >= 15 is 0 Å². The Morgan fingerprint density at radius 2 is 1.88 bits per heavy atom. The third-order valence-corrected chi connectivity index (χ3v) is 2.95. The first-order valence-electron chi connectivity index (χ1n) is 6.07. The van der Waals surface area contributed by atoms with Gasteiger partial charge in [-0.1, -0.05) is 13.8 Å². The van der Waals surface area contributed by atoms with Gasteiger partial charge in [-0.2, -0.15) is 0 Å². The Morgan fingerprint density at radius 1 is 1.29 bits per heavy atom. The lowest BCUT2D eigenvalue weighted by Crippen LogP contribution is -2.32. The molecule has 0 fully saturated rings. The summed E-state index contributed by atoms with van der Waals surface area (Å²) in [7, 11) is 4.02. The minimum Gasteiger partial charge on any atom is -0.308 e. The Labute approximate surface area is 103 Å². The van der Waals surface area contributed by atoms with Gasteiger partial charge in [0.15, 0.2) is 0 Å². The number of hydrogen-bond donors (Lipinski definition) is 0. The van der Waals surface area contributed by atoms with Crippen molar-refractivity contribution in [1.82, 2.24) is 14.5 Å². The first-order chi connectivity index (χ1) is 7.84. The predicted molar refractivity (Wildman–Crippen MR) is 70.6 cm³/mol. The van der Waals surface area contributed by atoms with Crippen LogP contribution in [0.2, 0.25) is 0 Å². The van der Waals surface area contributed by atoms with E-state index in [-0.39, 0.29) is 11.5 Å². The number of hydrogen-bond acceptors (Lipinski definition) is 3. The van der Waals surface area contributed by atoms with E-state index < -0.39 is 0 Å². The Balaban J connectivity index is 3.24. The number of rotatable bonds is 4. The molecule has 0 amide bonds. The van der Waals surface area contributed by atoms with Gasteiger partial charge in [0.1, 0.15) is 5.82 Å². The lowest BCUT2D eigenvalue weighted by Gasteiger charge is -2.18. The molecule has 4 nitrogen and oxygen atoms in total. The van der Waals surface area contributed by atoms with Crippen molar-refractivity contribution >= 4 is 0 Å². The van der Waals surface area contributed by atoms with Crippen LogP contribution in [-0.2, 0) is 6.54 Å². The molecule has 1 aromatic rings. The summed E-state index contributed by atoms with van der Waals surface area (Å²) in [5.74, 6) is 1.16. The van der Waals surface area contributed by atoms with Crippen LogP contribution >= 0.6 is 0 Å². The van der Waals surface area contributed by atoms with Crippen LogP contribution in [0.1, 0.15) is 36.8 Å². The van der Waals surface area contributed by atoms with Crippen LogP contribution in [0.5, 0.6) is 0 Å². The molecule has 4 heteroatoms. The summed E-state index contributed by atoms with van der Waals surface area (Å²) in [5, 5.41) is 0. The SMILES string of the molecule is Cc1nc(C(C)C)n(CCN(C)C)c(=O)c1C. The van der Waals surface area contributed by atoms with Crippen molar-refractivity contribution in [3.8, 4) is 0 Å². The molecular formula is C13H23N3O. The van der Waals surface area contributed by atoms with Gasteiger partial charge >= 0.3 is 0 Å². The zero-order valence-electron chi connectivity index (χ0n) is 11.7. The third-order valence-electron chi connectivity index (χ3n) is 2.95. The van der Waals surface area contributed by atoms with Crippen molar-refractivity contribution in [2.45, 2.75) is 40.2 Å². The second kappa shape index (κ2) is 5.45. The van der Waals surface area contributed by atoms with Crippen LogP contribution in [0.15, 0.2) is 4.79 Å². The topological polar surface area (TPSA) is 38.1 Å². The predicted octanol–water partition coefficient (Wildman–Crippen LogP) is 1.55. The molecule has 0 atom stereocenters. The van der Waals surface area contributed by atoms with Gasteiger partial charge in [-0.3, -0.25) is 9.36 Å². The van der Waals surface area contributed by atoms with Gasteiger partial charge in [0.2, 0.25) is 0 Å². The lowest BCUT2D eigenvalue weighted by molar-refractivity contribution is 0.373. The molecule has 17 heavy (non-hydrogen) atoms. The number of aryl methyl sites for hydroxylation is 1. The summed E-state index contributed by atoms with van der Waals surface area (Å²) >= 11 is 0. The highest BCUT2D eigenvalue weighted by Gasteiger charge is 2.13. The Hall–Kier alpha value is -1.16. The minimum absolute atomic E-state index is 0.100. The van der Waals surface area contributed by atoms with Gasteiger partial charge in [-0.15, -0.1) is 0 Å². The molecule has 0 aromatic carbocycles. The van der Waals surface area contributed by atoms with Gasteiger partial charge in [0.25, 0.3) is 5.56 Å². The summed E-state index contributed by atoms with van der Waals surface area (Å²) in [6.07, 6.45) is 0. The average Bonchev–Trinajstić information content (AvgIpc) is 2.23. The summed E-state index contributed by atoms with van der Waals surface area (Å²) in [4.78, 5) is 18.9. The molecule has 0 spiro atoms. The van der Waals surface area contributed by atoms with Gasteiger partial charge in [0, 0.05) is 30.3 Å². The van der Waals surface area contributed by atoms with Gasteiger partial charge in [0.05, 0.1) is 0 Å². The minimum atomic E-state index is 0.100. The van der Waals surface area contributed by atoms with E-state index in [2.05, 4.69) is 23.7 Å². The van der Waals surface area contributed by atoms with Crippen molar-refractivity contribution in [3.05, 3.63) is 27.4 Å². The van der Waals surface area contributed by atoms with E-state index in [9.17, 15) is 4.79 Å². The second-order valence-corrected chi connectivity index (χ2v) is 5.10. The van der Waals surface area contributed by atoms with Crippen LogP contribution in [0.25, 0.3) is 0 Å². The standard InChI is InChI=1S/C13H23N3O/c1-9(2)12-14-11(4)10(3)13(17)16(12)8-7-15(5)6/h9H,7-8H2,1-6H3. The molecule has 96 valence electrons. The van der Waals surface area contributed by atoms with E-state index in [0.717, 1.165) is 23.6 Å². The van der Waals surface area contributed by atoms with Crippen LogP contribution in [-0.4, -0.2) is 35.1 Å². The fourth-order valence-electron chi connectivity index (χ4n) is 1.73. The molecule has 0 N–H and O–H groups in total. The normalized spacial score (nSPS) is 11.5. The molecule has 0 saturated carbocycles. The molecule has 0 aliphatic heterocycles. The number of aromatic nitrogens is 2. The van der Waals surface area contributed by atoms with Crippen molar-refractivity contribution in [1.29, 1.82) is 0 Å². The molecule has 0 saturated heterocycles. The molecule has 0 bridgehead atoms. The highest BCUT2D eigenvalue weighted by Crippen LogP contribution is 2.11. The summed E-state index contributed by atoms with van der Waals surface area (Å²) in [6.45, 7) is 9.45. The third kappa shape index (κ3) is 3.16. The summed E-state index contributed by atoms with van der Waals surface area (Å²) in [5.41, 5.74) is 1.70. The quantitative estimate of drug-likeness (QED) is 0.797. The molecule has 1 aromatic heterocycles. The summed E-state index contributed by atoms with van der Waals surface area (Å²) < 4.78 is 1.81. The van der Waals surface area contributed by atoms with E-state index in [4.69, 9.17) is 0 Å². The van der Waals surface area contributed by atoms with Crippen molar-refractivity contribution in [2.75, 3.05) is 20.6 Å². The maximum atomic E-state index is 12.2. The molecule has 0 radical (unpaired) electrons. The van der Waals surface area contributed by atoms with E-state index in [1.165, 1.54) is 0 Å². The highest BCUT2D eigenvalue weighted by atomic mass is 16.1. The van der Waals surface area contributed by atoms with Crippen molar-refractivity contribution in [2.24, 2.45) is 0 Å². The van der Waals surface area contributed by atoms with E-state index in [1.807, 2.05) is 32.5 Å². The summed E-state index contributed by atoms with van der Waals surface area (Å²) in [6, 6.07) is 0. The second-order valence-electron chi connectivity index (χ2n) is 5.10.